The van der Waals surface area contributed by atoms with Crippen LogP contribution in [0.2, 0.25) is 0 Å². The fraction of sp³-hybridized carbons (Fsp3) is 0.571. The van der Waals surface area contributed by atoms with Gasteiger partial charge in [0.1, 0.15) is 5.82 Å². The molecule has 1 saturated heterocycles. The number of halogens is 1. The van der Waals surface area contributed by atoms with Crippen molar-refractivity contribution in [2.75, 3.05) is 19.6 Å². The van der Waals surface area contributed by atoms with Gasteiger partial charge in [0.2, 0.25) is 0 Å². The molecule has 1 aliphatic heterocycles. The number of piperidine rings is 1. The number of nitrogens with zero attached hydrogens (tertiary/aromatic N) is 1. The Morgan fingerprint density at radius 3 is 2.76 bits per heavy atom. The molecule has 94 valence electrons. The van der Waals surface area contributed by atoms with Crippen LogP contribution in [0, 0.1) is 11.7 Å². The molecule has 1 aliphatic rings. The summed E-state index contributed by atoms with van der Waals surface area (Å²) in [5, 5.41) is 10.3. The van der Waals surface area contributed by atoms with Crippen molar-refractivity contribution in [3.8, 4) is 0 Å². The standard InChI is InChI=1S/C14H20FNO/c1-2-16-9-3-4-12(10-16)14(17)11-5-7-13(15)8-6-11/h5-8,12,14,17H,2-4,9-10H2,1H3. The van der Waals surface area contributed by atoms with E-state index < -0.39 is 6.10 Å². The van der Waals surface area contributed by atoms with Gasteiger partial charge in [-0.2, -0.15) is 0 Å². The van der Waals surface area contributed by atoms with Gasteiger partial charge in [0.05, 0.1) is 6.10 Å². The van der Waals surface area contributed by atoms with E-state index in [0.717, 1.165) is 38.0 Å². The van der Waals surface area contributed by atoms with Crippen molar-refractivity contribution in [3.63, 3.8) is 0 Å². The highest BCUT2D eigenvalue weighted by atomic mass is 19.1. The zero-order valence-corrected chi connectivity index (χ0v) is 10.3. The lowest BCUT2D eigenvalue weighted by molar-refractivity contribution is 0.0522. The summed E-state index contributed by atoms with van der Waals surface area (Å²) in [7, 11) is 0. The van der Waals surface area contributed by atoms with Crippen LogP contribution >= 0.6 is 0 Å². The van der Waals surface area contributed by atoms with Crippen LogP contribution < -0.4 is 0 Å². The molecule has 0 bridgehead atoms. The van der Waals surface area contributed by atoms with E-state index in [0.29, 0.717) is 0 Å². The summed E-state index contributed by atoms with van der Waals surface area (Å²) in [6, 6.07) is 6.20. The van der Waals surface area contributed by atoms with Crippen molar-refractivity contribution in [2.24, 2.45) is 5.92 Å². The molecule has 0 amide bonds. The molecular weight excluding hydrogens is 217 g/mol. The lowest BCUT2D eigenvalue weighted by Gasteiger charge is -2.34. The second-order valence-electron chi connectivity index (χ2n) is 4.79. The maximum Gasteiger partial charge on any atom is 0.123 e. The molecule has 0 radical (unpaired) electrons. The Balaban J connectivity index is 2.03. The Hall–Kier alpha value is -0.930. The Bertz CT molecular complexity index is 352. The van der Waals surface area contributed by atoms with Gasteiger partial charge < -0.3 is 10.0 Å². The average molecular weight is 237 g/mol. The molecule has 1 N–H and O–H groups in total. The predicted molar refractivity (Wildman–Crippen MR) is 66.2 cm³/mol. The van der Waals surface area contributed by atoms with E-state index in [9.17, 15) is 9.50 Å². The molecule has 17 heavy (non-hydrogen) atoms. The van der Waals surface area contributed by atoms with Crippen molar-refractivity contribution in [2.45, 2.75) is 25.9 Å². The molecule has 1 fully saturated rings. The predicted octanol–water partition coefficient (Wildman–Crippen LogP) is 2.59. The van der Waals surface area contributed by atoms with Crippen molar-refractivity contribution < 1.29 is 9.50 Å². The van der Waals surface area contributed by atoms with Crippen LogP contribution in [-0.2, 0) is 0 Å². The zero-order chi connectivity index (χ0) is 12.3. The first-order valence-electron chi connectivity index (χ1n) is 6.36. The van der Waals surface area contributed by atoms with Gasteiger partial charge in [0.15, 0.2) is 0 Å². The minimum atomic E-state index is -0.468. The summed E-state index contributed by atoms with van der Waals surface area (Å²) in [6.07, 6.45) is 1.72. The van der Waals surface area contributed by atoms with Gasteiger partial charge in [-0.15, -0.1) is 0 Å². The summed E-state index contributed by atoms with van der Waals surface area (Å²) in [5.41, 5.74) is 0.828. The number of hydrogen-bond acceptors (Lipinski definition) is 2. The first-order valence-corrected chi connectivity index (χ1v) is 6.36. The Morgan fingerprint density at radius 2 is 2.12 bits per heavy atom. The number of aliphatic hydroxyl groups is 1. The number of hydrogen-bond donors (Lipinski definition) is 1. The third-order valence-corrected chi connectivity index (χ3v) is 3.65. The molecule has 3 heteroatoms. The smallest absolute Gasteiger partial charge is 0.123 e. The van der Waals surface area contributed by atoms with Gasteiger partial charge in [0, 0.05) is 12.5 Å². The van der Waals surface area contributed by atoms with E-state index in [1.54, 1.807) is 12.1 Å². The van der Waals surface area contributed by atoms with E-state index in [4.69, 9.17) is 0 Å². The molecule has 0 aliphatic carbocycles. The van der Waals surface area contributed by atoms with Crippen molar-refractivity contribution in [1.82, 2.24) is 4.90 Å². The number of aliphatic hydroxyl groups excluding tert-OH is 1. The largest absolute Gasteiger partial charge is 0.388 e. The molecule has 1 heterocycles. The molecule has 2 nitrogen and oxygen atoms in total. The van der Waals surface area contributed by atoms with Crippen LogP contribution in [0.15, 0.2) is 24.3 Å². The Kier molecular flexibility index (Phi) is 4.13. The number of benzene rings is 1. The molecular formula is C14H20FNO. The van der Waals surface area contributed by atoms with Gasteiger partial charge in [0.25, 0.3) is 0 Å². The van der Waals surface area contributed by atoms with Crippen molar-refractivity contribution >= 4 is 0 Å². The molecule has 2 atom stereocenters. The topological polar surface area (TPSA) is 23.5 Å². The third-order valence-electron chi connectivity index (χ3n) is 3.65. The quantitative estimate of drug-likeness (QED) is 0.873. The molecule has 1 aromatic carbocycles. The second kappa shape index (κ2) is 5.61. The van der Waals surface area contributed by atoms with Crippen LogP contribution in [0.4, 0.5) is 4.39 Å². The van der Waals surface area contributed by atoms with Crippen molar-refractivity contribution in [1.29, 1.82) is 0 Å². The number of rotatable bonds is 3. The summed E-state index contributed by atoms with van der Waals surface area (Å²) in [6.45, 7) is 5.25. The van der Waals surface area contributed by atoms with Crippen LogP contribution in [0.3, 0.4) is 0 Å². The maximum atomic E-state index is 12.8. The summed E-state index contributed by atoms with van der Waals surface area (Å²) in [5.74, 6) is 0.0222. The molecule has 0 aromatic heterocycles. The fourth-order valence-electron chi connectivity index (χ4n) is 2.57. The molecule has 0 spiro atoms. The highest BCUT2D eigenvalue weighted by molar-refractivity contribution is 5.19. The van der Waals surface area contributed by atoms with Crippen LogP contribution in [0.25, 0.3) is 0 Å². The highest BCUT2D eigenvalue weighted by Crippen LogP contribution is 2.29. The summed E-state index contributed by atoms with van der Waals surface area (Å²) in [4.78, 5) is 2.36. The van der Waals surface area contributed by atoms with Crippen molar-refractivity contribution in [3.05, 3.63) is 35.6 Å². The van der Waals surface area contributed by atoms with Gasteiger partial charge in [-0.3, -0.25) is 0 Å². The molecule has 0 saturated carbocycles. The second-order valence-corrected chi connectivity index (χ2v) is 4.79. The average Bonchev–Trinajstić information content (AvgIpc) is 2.39. The van der Waals surface area contributed by atoms with E-state index in [1.165, 1.54) is 12.1 Å². The fourth-order valence-corrected chi connectivity index (χ4v) is 2.57. The zero-order valence-electron chi connectivity index (χ0n) is 10.3. The van der Waals surface area contributed by atoms with E-state index in [1.807, 2.05) is 0 Å². The summed E-state index contributed by atoms with van der Waals surface area (Å²) < 4.78 is 12.8. The van der Waals surface area contributed by atoms with Crippen LogP contribution in [0.1, 0.15) is 31.4 Å². The summed E-state index contributed by atoms with van der Waals surface area (Å²) >= 11 is 0. The van der Waals surface area contributed by atoms with Gasteiger partial charge in [-0.1, -0.05) is 19.1 Å². The Morgan fingerprint density at radius 1 is 1.41 bits per heavy atom. The van der Waals surface area contributed by atoms with Crippen LogP contribution in [-0.4, -0.2) is 29.6 Å². The highest BCUT2D eigenvalue weighted by Gasteiger charge is 2.26. The van der Waals surface area contributed by atoms with E-state index in [-0.39, 0.29) is 11.7 Å². The normalized spacial score (nSPS) is 23.6. The van der Waals surface area contributed by atoms with Gasteiger partial charge >= 0.3 is 0 Å². The van der Waals surface area contributed by atoms with Crippen LogP contribution in [0.5, 0.6) is 0 Å². The van der Waals surface area contributed by atoms with E-state index >= 15 is 0 Å². The maximum absolute atomic E-state index is 12.8. The molecule has 2 rings (SSSR count). The van der Waals surface area contributed by atoms with Gasteiger partial charge in [-0.25, -0.2) is 4.39 Å². The monoisotopic (exact) mass is 237 g/mol. The minimum absolute atomic E-state index is 0.250. The Labute approximate surface area is 102 Å². The lowest BCUT2D eigenvalue weighted by Crippen LogP contribution is -2.37. The first kappa shape index (κ1) is 12.5. The van der Waals surface area contributed by atoms with E-state index in [2.05, 4.69) is 11.8 Å². The number of likely N-dealkylation sites (tertiary alicyclic amines) is 1. The lowest BCUT2D eigenvalue weighted by atomic mass is 9.88. The first-order chi connectivity index (χ1) is 8.20. The molecule has 1 aromatic rings. The third kappa shape index (κ3) is 3.05. The minimum Gasteiger partial charge on any atom is -0.388 e. The SMILES string of the molecule is CCN1CCCC(C(O)c2ccc(F)cc2)C1. The molecule has 2 unspecified atom stereocenters. The van der Waals surface area contributed by atoms with Gasteiger partial charge in [-0.05, 0) is 43.6 Å².